The van der Waals surface area contributed by atoms with Crippen LogP contribution in [-0.2, 0) is 20.3 Å². The van der Waals surface area contributed by atoms with Crippen LogP contribution in [0.4, 0.5) is 4.39 Å². The highest BCUT2D eigenvalue weighted by molar-refractivity contribution is 6.30. The monoisotopic (exact) mass is 377 g/mol. The third-order valence-electron chi connectivity index (χ3n) is 3.68. The maximum absolute atomic E-state index is 13.1. The van der Waals surface area contributed by atoms with E-state index in [9.17, 15) is 9.18 Å². The van der Waals surface area contributed by atoms with Crippen molar-refractivity contribution in [3.63, 3.8) is 0 Å². The van der Waals surface area contributed by atoms with Crippen LogP contribution in [-0.4, -0.2) is 25.5 Å². The molecule has 0 radical (unpaired) electrons. The highest BCUT2D eigenvalue weighted by Gasteiger charge is 2.11. The van der Waals surface area contributed by atoms with Crippen LogP contribution in [0, 0.1) is 12.7 Å². The van der Waals surface area contributed by atoms with Crippen molar-refractivity contribution in [2.45, 2.75) is 20.2 Å². The highest BCUT2D eigenvalue weighted by Crippen LogP contribution is 2.21. The first kappa shape index (κ1) is 17.9. The van der Waals surface area contributed by atoms with Crippen molar-refractivity contribution >= 4 is 17.5 Å². The van der Waals surface area contributed by atoms with Gasteiger partial charge in [-0.25, -0.2) is 9.07 Å². The van der Waals surface area contributed by atoms with Crippen molar-refractivity contribution in [3.05, 3.63) is 64.5 Å². The van der Waals surface area contributed by atoms with Gasteiger partial charge < -0.3 is 10.1 Å². The predicted molar refractivity (Wildman–Crippen MR) is 93.4 cm³/mol. The van der Waals surface area contributed by atoms with E-state index in [1.54, 1.807) is 16.9 Å². The Morgan fingerprint density at radius 3 is 2.85 bits per heavy atom. The van der Waals surface area contributed by atoms with Crippen LogP contribution in [0.3, 0.4) is 0 Å². The summed E-state index contributed by atoms with van der Waals surface area (Å²) in [5.74, 6) is -0.400. The van der Waals surface area contributed by atoms with E-state index in [1.807, 2.05) is 20.2 Å². The molecule has 0 aliphatic carbocycles. The second-order valence-corrected chi connectivity index (χ2v) is 6.09. The lowest BCUT2D eigenvalue weighted by molar-refractivity contribution is 0.0944. The summed E-state index contributed by atoms with van der Waals surface area (Å²) in [4.78, 5) is 12.2. The van der Waals surface area contributed by atoms with E-state index in [0.29, 0.717) is 12.3 Å². The van der Waals surface area contributed by atoms with E-state index in [4.69, 9.17) is 16.3 Å². The van der Waals surface area contributed by atoms with Crippen LogP contribution in [0.2, 0.25) is 5.02 Å². The molecule has 2 heterocycles. The van der Waals surface area contributed by atoms with Gasteiger partial charge in [-0.15, -0.1) is 0 Å². The number of aromatic nitrogens is 4. The van der Waals surface area contributed by atoms with Crippen molar-refractivity contribution in [1.82, 2.24) is 24.9 Å². The third-order valence-corrected chi connectivity index (χ3v) is 3.97. The Labute approximate surface area is 154 Å². The normalized spacial score (nSPS) is 10.8. The van der Waals surface area contributed by atoms with Crippen LogP contribution in [0.1, 0.15) is 21.7 Å². The number of hydrogen-bond donors (Lipinski definition) is 1. The quantitative estimate of drug-likeness (QED) is 0.716. The summed E-state index contributed by atoms with van der Waals surface area (Å²) in [6.07, 6.45) is 3.48. The summed E-state index contributed by atoms with van der Waals surface area (Å²) in [5.41, 5.74) is 2.08. The molecule has 0 unspecified atom stereocenters. The van der Waals surface area contributed by atoms with Crippen LogP contribution in [0.5, 0.6) is 5.75 Å². The molecule has 1 amide bonds. The van der Waals surface area contributed by atoms with Gasteiger partial charge in [-0.05, 0) is 25.1 Å². The molecule has 0 saturated heterocycles. The van der Waals surface area contributed by atoms with Crippen LogP contribution in [0.15, 0.2) is 36.7 Å². The molecule has 3 aromatic rings. The fourth-order valence-electron chi connectivity index (χ4n) is 2.35. The summed E-state index contributed by atoms with van der Waals surface area (Å²) in [6, 6.07) is 5.66. The molecule has 0 atom stereocenters. The Morgan fingerprint density at radius 1 is 1.35 bits per heavy atom. The Hall–Kier alpha value is -2.87. The van der Waals surface area contributed by atoms with Gasteiger partial charge in [-0.3, -0.25) is 9.48 Å². The van der Waals surface area contributed by atoms with E-state index >= 15 is 0 Å². The maximum atomic E-state index is 13.1. The number of ether oxygens (including phenoxy) is 1. The number of aryl methyl sites for hydroxylation is 2. The van der Waals surface area contributed by atoms with Gasteiger partial charge in [-0.2, -0.15) is 10.2 Å². The largest absolute Gasteiger partial charge is 0.471 e. The number of hydrogen-bond acceptors (Lipinski definition) is 4. The van der Waals surface area contributed by atoms with Gasteiger partial charge in [-0.1, -0.05) is 11.6 Å². The molecule has 9 heteroatoms. The molecule has 136 valence electrons. The molecular weight excluding hydrogens is 361 g/mol. The first-order valence-electron chi connectivity index (χ1n) is 7.81. The number of carbonyl (C=O) groups is 1. The second kappa shape index (κ2) is 7.57. The van der Waals surface area contributed by atoms with E-state index < -0.39 is 5.82 Å². The molecule has 0 fully saturated rings. The van der Waals surface area contributed by atoms with Crippen molar-refractivity contribution in [2.75, 3.05) is 0 Å². The Kier molecular flexibility index (Phi) is 5.22. The van der Waals surface area contributed by atoms with Gasteiger partial charge in [0.25, 0.3) is 5.91 Å². The lowest BCUT2D eigenvalue weighted by Gasteiger charge is -2.07. The van der Waals surface area contributed by atoms with Crippen LogP contribution >= 0.6 is 11.6 Å². The second-order valence-electron chi connectivity index (χ2n) is 5.69. The van der Waals surface area contributed by atoms with Crippen molar-refractivity contribution in [3.8, 4) is 5.75 Å². The standard InChI is InChI=1S/C17H17ClFN5O2/c1-11-12(9-23(2)21-11)8-20-17(25)16-5-6-24(22-16)10-26-13-3-4-15(19)14(18)7-13/h3-7,9H,8,10H2,1-2H3,(H,20,25). The minimum absolute atomic E-state index is 0.0197. The molecule has 2 aromatic heterocycles. The molecule has 7 nitrogen and oxygen atoms in total. The van der Waals surface area contributed by atoms with Gasteiger partial charge in [0.05, 0.1) is 10.7 Å². The van der Waals surface area contributed by atoms with Gasteiger partial charge in [0.1, 0.15) is 17.3 Å². The number of amides is 1. The van der Waals surface area contributed by atoms with Crippen molar-refractivity contribution in [2.24, 2.45) is 7.05 Å². The van der Waals surface area contributed by atoms with Crippen LogP contribution in [0.25, 0.3) is 0 Å². The van der Waals surface area contributed by atoms with E-state index in [2.05, 4.69) is 15.5 Å². The van der Waals surface area contributed by atoms with E-state index in [-0.39, 0.29) is 23.4 Å². The first-order valence-corrected chi connectivity index (χ1v) is 8.19. The van der Waals surface area contributed by atoms with E-state index in [1.165, 1.54) is 22.9 Å². The number of nitrogens with one attached hydrogen (secondary N) is 1. The van der Waals surface area contributed by atoms with Gasteiger partial charge >= 0.3 is 0 Å². The average molecular weight is 378 g/mol. The molecule has 1 aromatic carbocycles. The van der Waals surface area contributed by atoms with Gasteiger partial charge in [0, 0.05) is 37.6 Å². The smallest absolute Gasteiger partial charge is 0.272 e. The minimum Gasteiger partial charge on any atom is -0.471 e. The highest BCUT2D eigenvalue weighted by atomic mass is 35.5. The molecule has 0 aliphatic heterocycles. The Bertz CT molecular complexity index is 937. The van der Waals surface area contributed by atoms with Gasteiger partial charge in [0.2, 0.25) is 0 Å². The molecule has 0 bridgehead atoms. The molecule has 0 spiro atoms. The lowest BCUT2D eigenvalue weighted by Crippen LogP contribution is -2.23. The topological polar surface area (TPSA) is 74.0 Å². The fraction of sp³-hybridized carbons (Fsp3) is 0.235. The Morgan fingerprint density at radius 2 is 2.15 bits per heavy atom. The van der Waals surface area contributed by atoms with Crippen molar-refractivity contribution < 1.29 is 13.9 Å². The average Bonchev–Trinajstić information content (AvgIpc) is 3.20. The molecule has 3 rings (SSSR count). The summed E-state index contributed by atoms with van der Waals surface area (Å²) in [6.45, 7) is 2.32. The zero-order valence-corrected chi connectivity index (χ0v) is 15.0. The summed E-state index contributed by atoms with van der Waals surface area (Å²) < 4.78 is 21.8. The van der Waals surface area contributed by atoms with Gasteiger partial charge in [0.15, 0.2) is 6.73 Å². The number of carbonyl (C=O) groups excluding carboxylic acids is 1. The molecular formula is C17H17ClFN5O2. The molecule has 1 N–H and O–H groups in total. The number of rotatable bonds is 6. The van der Waals surface area contributed by atoms with Crippen molar-refractivity contribution in [1.29, 1.82) is 0 Å². The zero-order valence-electron chi connectivity index (χ0n) is 14.2. The molecule has 0 saturated carbocycles. The number of halogens is 2. The molecule has 0 aliphatic rings. The third kappa shape index (κ3) is 4.20. The lowest BCUT2D eigenvalue weighted by atomic mass is 10.2. The van der Waals surface area contributed by atoms with E-state index in [0.717, 1.165) is 11.3 Å². The SMILES string of the molecule is Cc1nn(C)cc1CNC(=O)c1ccn(COc2ccc(F)c(Cl)c2)n1. The zero-order chi connectivity index (χ0) is 18.7. The summed E-state index contributed by atoms with van der Waals surface area (Å²) >= 11 is 5.70. The molecule has 26 heavy (non-hydrogen) atoms. The minimum atomic E-state index is -0.513. The number of nitrogens with zero attached hydrogens (tertiary/aromatic N) is 4. The number of benzene rings is 1. The first-order chi connectivity index (χ1) is 12.4. The maximum Gasteiger partial charge on any atom is 0.272 e. The predicted octanol–water partition coefficient (Wildman–Crippen LogP) is 2.68. The van der Waals surface area contributed by atoms with Crippen LogP contribution < -0.4 is 10.1 Å². The summed E-state index contributed by atoms with van der Waals surface area (Å²) in [7, 11) is 1.83. The Balaban J connectivity index is 1.55. The fourth-order valence-corrected chi connectivity index (χ4v) is 2.52. The summed E-state index contributed by atoms with van der Waals surface area (Å²) in [5, 5.41) is 11.2.